The minimum absolute atomic E-state index is 0.0829. The van der Waals surface area contributed by atoms with Gasteiger partial charge in [0.15, 0.2) is 15.0 Å². The van der Waals surface area contributed by atoms with E-state index in [2.05, 4.69) is 22.1 Å². The van der Waals surface area contributed by atoms with Crippen molar-refractivity contribution in [1.29, 1.82) is 0 Å². The number of thiazole rings is 1. The van der Waals surface area contributed by atoms with Gasteiger partial charge < -0.3 is 9.88 Å². The summed E-state index contributed by atoms with van der Waals surface area (Å²) in [6, 6.07) is 1.32. The highest BCUT2D eigenvalue weighted by atomic mass is 35.5. The summed E-state index contributed by atoms with van der Waals surface area (Å²) in [6.45, 7) is 1.62. The molecule has 1 N–H and O–H groups in total. The molecule has 0 aliphatic rings. The van der Waals surface area contributed by atoms with Gasteiger partial charge in [-0.3, -0.25) is 9.59 Å². The highest BCUT2D eigenvalue weighted by molar-refractivity contribution is 7.90. The molecule has 25 heavy (non-hydrogen) atoms. The molecule has 7 nitrogen and oxygen atoms in total. The maximum Gasteiger partial charge on any atom is 0.252 e. The van der Waals surface area contributed by atoms with Gasteiger partial charge in [0.2, 0.25) is 5.91 Å². The predicted molar refractivity (Wildman–Crippen MR) is 96.7 cm³/mol. The lowest BCUT2D eigenvalue weighted by molar-refractivity contribution is -0.119. The molecule has 2 aromatic rings. The SMILES string of the molecule is CC#CCC(C(=O)Nc1ncc(Cl)s1)n1ccc(S(C)(=O)=O)cc1=O. The number of aromatic nitrogens is 2. The zero-order valence-electron chi connectivity index (χ0n) is 13.3. The number of sulfone groups is 1. The molecular formula is C15H14ClN3O4S2. The lowest BCUT2D eigenvalue weighted by Crippen LogP contribution is -2.33. The normalized spacial score (nSPS) is 12.1. The van der Waals surface area contributed by atoms with Gasteiger partial charge in [-0.15, -0.1) is 11.8 Å². The summed E-state index contributed by atoms with van der Waals surface area (Å²) < 4.78 is 24.6. The molecule has 2 rings (SSSR count). The number of carbonyl (C=O) groups is 1. The Bertz CT molecular complexity index is 1020. The van der Waals surface area contributed by atoms with E-state index < -0.39 is 27.3 Å². The molecule has 0 saturated carbocycles. The van der Waals surface area contributed by atoms with Crippen LogP contribution in [0.5, 0.6) is 0 Å². The Kier molecular flexibility index (Phi) is 6.00. The quantitative estimate of drug-likeness (QED) is 0.775. The van der Waals surface area contributed by atoms with Gasteiger partial charge in [0.1, 0.15) is 10.4 Å². The van der Waals surface area contributed by atoms with Crippen LogP contribution < -0.4 is 10.9 Å². The second-order valence-corrected chi connectivity index (χ2v) is 8.66. The molecule has 10 heteroatoms. The summed E-state index contributed by atoms with van der Waals surface area (Å²) in [5.41, 5.74) is -0.613. The van der Waals surface area contributed by atoms with Crippen LogP contribution in [0, 0.1) is 11.8 Å². The van der Waals surface area contributed by atoms with Gasteiger partial charge >= 0.3 is 0 Å². The van der Waals surface area contributed by atoms with Gasteiger partial charge in [-0.25, -0.2) is 13.4 Å². The number of carbonyl (C=O) groups excluding carboxylic acids is 1. The molecule has 2 heterocycles. The summed E-state index contributed by atoms with van der Waals surface area (Å²) >= 11 is 6.86. The monoisotopic (exact) mass is 399 g/mol. The molecule has 0 aliphatic heterocycles. The first kappa shape index (κ1) is 19.2. The Hall–Kier alpha value is -2.15. The van der Waals surface area contributed by atoms with Crippen molar-refractivity contribution in [3.05, 3.63) is 39.2 Å². The number of amides is 1. The van der Waals surface area contributed by atoms with Gasteiger partial charge in [-0.1, -0.05) is 22.9 Å². The van der Waals surface area contributed by atoms with Gasteiger partial charge in [0.25, 0.3) is 5.56 Å². The average Bonchev–Trinajstić information content (AvgIpc) is 2.93. The van der Waals surface area contributed by atoms with E-state index in [9.17, 15) is 18.0 Å². The molecule has 132 valence electrons. The van der Waals surface area contributed by atoms with Crippen molar-refractivity contribution >= 4 is 43.8 Å². The van der Waals surface area contributed by atoms with Crippen LogP contribution in [-0.4, -0.2) is 30.1 Å². The van der Waals surface area contributed by atoms with Crippen molar-refractivity contribution in [3.8, 4) is 11.8 Å². The fourth-order valence-corrected chi connectivity index (χ4v) is 3.41. The van der Waals surface area contributed by atoms with Crippen LogP contribution in [0.25, 0.3) is 0 Å². The summed E-state index contributed by atoms with van der Waals surface area (Å²) in [4.78, 5) is 28.6. The number of pyridine rings is 1. The smallest absolute Gasteiger partial charge is 0.252 e. The first-order valence-electron chi connectivity index (χ1n) is 6.96. The van der Waals surface area contributed by atoms with Crippen LogP contribution in [0.3, 0.4) is 0 Å². The number of hydrogen-bond donors (Lipinski definition) is 1. The molecule has 2 aromatic heterocycles. The van der Waals surface area contributed by atoms with Crippen LogP contribution in [0.1, 0.15) is 19.4 Å². The number of nitrogens with zero attached hydrogens (tertiary/aromatic N) is 2. The molecule has 1 unspecified atom stereocenters. The molecule has 0 spiro atoms. The number of rotatable bonds is 5. The van der Waals surface area contributed by atoms with Gasteiger partial charge in [0.05, 0.1) is 11.1 Å². The largest absolute Gasteiger partial charge is 0.302 e. The fraction of sp³-hybridized carbons (Fsp3) is 0.267. The van der Waals surface area contributed by atoms with Crippen molar-refractivity contribution < 1.29 is 13.2 Å². The Morgan fingerprint density at radius 2 is 2.24 bits per heavy atom. The van der Waals surface area contributed by atoms with E-state index in [0.29, 0.717) is 9.47 Å². The molecule has 1 amide bonds. The van der Waals surface area contributed by atoms with Crippen molar-refractivity contribution in [3.63, 3.8) is 0 Å². The van der Waals surface area contributed by atoms with Crippen LogP contribution >= 0.6 is 22.9 Å². The first-order valence-corrected chi connectivity index (χ1v) is 10.0. The lowest BCUT2D eigenvalue weighted by atomic mass is 10.2. The van der Waals surface area contributed by atoms with Crippen LogP contribution in [0.2, 0.25) is 4.34 Å². The first-order chi connectivity index (χ1) is 11.7. The molecule has 0 radical (unpaired) electrons. The number of hydrogen-bond acceptors (Lipinski definition) is 6. The third-order valence-electron chi connectivity index (χ3n) is 3.17. The summed E-state index contributed by atoms with van der Waals surface area (Å²) in [6.07, 6.45) is 3.76. The summed E-state index contributed by atoms with van der Waals surface area (Å²) in [5, 5.41) is 2.88. The van der Waals surface area contributed by atoms with E-state index >= 15 is 0 Å². The maximum absolute atomic E-state index is 12.5. The lowest BCUT2D eigenvalue weighted by Gasteiger charge is -2.16. The molecule has 0 bridgehead atoms. The summed E-state index contributed by atoms with van der Waals surface area (Å²) in [7, 11) is -3.52. The van der Waals surface area contributed by atoms with E-state index in [1.165, 1.54) is 18.5 Å². The minimum Gasteiger partial charge on any atom is -0.302 e. The van der Waals surface area contributed by atoms with Crippen molar-refractivity contribution in [2.24, 2.45) is 0 Å². The minimum atomic E-state index is -3.52. The van der Waals surface area contributed by atoms with Gasteiger partial charge in [0, 0.05) is 24.9 Å². The van der Waals surface area contributed by atoms with E-state index in [1.807, 2.05) is 0 Å². The van der Waals surface area contributed by atoms with Crippen LogP contribution in [0.15, 0.2) is 34.2 Å². The molecule has 1 atom stereocenters. The average molecular weight is 400 g/mol. The highest BCUT2D eigenvalue weighted by Gasteiger charge is 2.22. The molecular weight excluding hydrogens is 386 g/mol. The Balaban J connectivity index is 2.38. The Labute approximate surface area is 153 Å². The molecule has 0 fully saturated rings. The van der Waals surface area contributed by atoms with Gasteiger partial charge in [-0.2, -0.15) is 0 Å². The molecule has 0 saturated heterocycles. The van der Waals surface area contributed by atoms with E-state index in [4.69, 9.17) is 11.6 Å². The topological polar surface area (TPSA) is 98.1 Å². The Morgan fingerprint density at radius 1 is 1.52 bits per heavy atom. The third-order valence-corrected chi connectivity index (χ3v) is 5.31. The zero-order valence-corrected chi connectivity index (χ0v) is 15.7. The van der Waals surface area contributed by atoms with E-state index in [1.54, 1.807) is 6.92 Å². The molecule has 0 aliphatic carbocycles. The maximum atomic E-state index is 12.5. The summed E-state index contributed by atoms with van der Waals surface area (Å²) in [5.74, 6) is 4.93. The zero-order chi connectivity index (χ0) is 18.6. The fourth-order valence-electron chi connectivity index (χ4n) is 1.98. The number of halogens is 1. The van der Waals surface area contributed by atoms with Crippen LogP contribution in [0.4, 0.5) is 5.13 Å². The number of nitrogens with one attached hydrogen (secondary N) is 1. The molecule has 0 aromatic carbocycles. The number of anilines is 1. The van der Waals surface area contributed by atoms with E-state index in [0.717, 1.165) is 28.2 Å². The second-order valence-electron chi connectivity index (χ2n) is 4.99. The Morgan fingerprint density at radius 3 is 2.76 bits per heavy atom. The predicted octanol–water partition coefficient (Wildman–Crippen LogP) is 1.95. The van der Waals surface area contributed by atoms with Gasteiger partial charge in [-0.05, 0) is 13.0 Å². The second kappa shape index (κ2) is 7.82. The van der Waals surface area contributed by atoms with Crippen molar-refractivity contribution in [1.82, 2.24) is 9.55 Å². The van der Waals surface area contributed by atoms with E-state index in [-0.39, 0.29) is 11.3 Å². The third kappa shape index (κ3) is 4.92. The van der Waals surface area contributed by atoms with Crippen molar-refractivity contribution in [2.45, 2.75) is 24.3 Å². The van der Waals surface area contributed by atoms with Crippen LogP contribution in [-0.2, 0) is 14.6 Å². The standard InChI is InChI=1S/C15H14ClN3O4S2/c1-3-4-5-11(14(21)18-15-17-9-12(16)24-15)19-7-6-10(8-13(19)20)25(2,22)23/h6-9,11H,5H2,1-2H3,(H,17,18,21). The van der Waals surface area contributed by atoms with Crippen molar-refractivity contribution in [2.75, 3.05) is 11.6 Å². The highest BCUT2D eigenvalue weighted by Crippen LogP contribution is 2.24.